The molecule has 0 saturated carbocycles. The Morgan fingerprint density at radius 1 is 1.32 bits per heavy atom. The van der Waals surface area contributed by atoms with Gasteiger partial charge >= 0.3 is 5.76 Å². The first-order valence-corrected chi connectivity index (χ1v) is 5.88. The SMILES string of the molecule is CNc1cnc(-c2ccc(Cl)c3[nH]c(=O)oc23)cn1. The summed E-state index contributed by atoms with van der Waals surface area (Å²) >= 11 is 6.00. The van der Waals surface area contributed by atoms with Crippen molar-refractivity contribution in [2.75, 3.05) is 12.4 Å². The van der Waals surface area contributed by atoms with E-state index in [1.807, 2.05) is 0 Å². The predicted molar refractivity (Wildman–Crippen MR) is 72.4 cm³/mol. The van der Waals surface area contributed by atoms with E-state index >= 15 is 0 Å². The first-order valence-electron chi connectivity index (χ1n) is 5.50. The van der Waals surface area contributed by atoms with E-state index in [9.17, 15) is 4.79 Å². The summed E-state index contributed by atoms with van der Waals surface area (Å²) in [6.07, 6.45) is 3.20. The highest BCUT2D eigenvalue weighted by Gasteiger charge is 2.13. The van der Waals surface area contributed by atoms with Crippen LogP contribution >= 0.6 is 11.6 Å². The number of anilines is 1. The van der Waals surface area contributed by atoms with Gasteiger partial charge in [-0.15, -0.1) is 0 Å². The number of aromatic amines is 1. The fraction of sp³-hybridized carbons (Fsp3) is 0.0833. The van der Waals surface area contributed by atoms with Gasteiger partial charge in [-0.1, -0.05) is 11.6 Å². The topological polar surface area (TPSA) is 83.8 Å². The van der Waals surface area contributed by atoms with Crippen molar-refractivity contribution >= 4 is 28.5 Å². The number of aromatic nitrogens is 3. The second-order valence-corrected chi connectivity index (χ2v) is 4.26. The van der Waals surface area contributed by atoms with Crippen LogP contribution in [0.2, 0.25) is 5.02 Å². The minimum Gasteiger partial charge on any atom is -0.407 e. The molecule has 0 bridgehead atoms. The van der Waals surface area contributed by atoms with Gasteiger partial charge in [0.05, 0.1) is 23.1 Å². The zero-order chi connectivity index (χ0) is 13.4. The van der Waals surface area contributed by atoms with Crippen LogP contribution in [0.4, 0.5) is 5.82 Å². The summed E-state index contributed by atoms with van der Waals surface area (Å²) in [5, 5.41) is 3.30. The molecule has 2 heterocycles. The molecule has 0 saturated heterocycles. The summed E-state index contributed by atoms with van der Waals surface area (Å²) in [7, 11) is 1.76. The maximum atomic E-state index is 11.3. The van der Waals surface area contributed by atoms with E-state index in [0.717, 1.165) is 0 Å². The lowest BCUT2D eigenvalue weighted by Crippen LogP contribution is -1.94. The lowest BCUT2D eigenvalue weighted by molar-refractivity contribution is 0.556. The van der Waals surface area contributed by atoms with Crippen molar-refractivity contribution in [1.82, 2.24) is 15.0 Å². The Labute approximate surface area is 112 Å². The van der Waals surface area contributed by atoms with E-state index in [-0.39, 0.29) is 0 Å². The van der Waals surface area contributed by atoms with Gasteiger partial charge in [-0.2, -0.15) is 0 Å². The molecule has 0 aliphatic rings. The zero-order valence-electron chi connectivity index (χ0n) is 9.90. The molecule has 96 valence electrons. The van der Waals surface area contributed by atoms with Gasteiger partial charge in [0.1, 0.15) is 11.3 Å². The lowest BCUT2D eigenvalue weighted by atomic mass is 10.1. The second kappa shape index (κ2) is 4.40. The maximum absolute atomic E-state index is 11.3. The number of nitrogens with zero attached hydrogens (tertiary/aromatic N) is 2. The molecule has 0 atom stereocenters. The van der Waals surface area contributed by atoms with Crippen molar-refractivity contribution < 1.29 is 4.42 Å². The molecule has 0 amide bonds. The number of nitrogens with one attached hydrogen (secondary N) is 2. The van der Waals surface area contributed by atoms with Crippen LogP contribution in [0.15, 0.2) is 33.7 Å². The molecule has 0 spiro atoms. The molecule has 2 aromatic heterocycles. The molecule has 6 nitrogen and oxygen atoms in total. The van der Waals surface area contributed by atoms with E-state index in [4.69, 9.17) is 16.0 Å². The summed E-state index contributed by atoms with van der Waals surface area (Å²) < 4.78 is 5.11. The molecule has 7 heteroatoms. The molecular formula is C12H9ClN4O2. The second-order valence-electron chi connectivity index (χ2n) is 3.85. The van der Waals surface area contributed by atoms with Crippen LogP contribution in [0.5, 0.6) is 0 Å². The van der Waals surface area contributed by atoms with Crippen LogP contribution < -0.4 is 11.1 Å². The Morgan fingerprint density at radius 3 is 2.84 bits per heavy atom. The number of H-pyrrole nitrogens is 1. The summed E-state index contributed by atoms with van der Waals surface area (Å²) in [6, 6.07) is 3.42. The fourth-order valence-corrected chi connectivity index (χ4v) is 2.00. The van der Waals surface area contributed by atoms with Gasteiger partial charge < -0.3 is 9.73 Å². The van der Waals surface area contributed by atoms with Gasteiger partial charge in [0, 0.05) is 12.6 Å². The van der Waals surface area contributed by atoms with E-state index in [2.05, 4.69) is 20.3 Å². The van der Waals surface area contributed by atoms with Crippen LogP contribution in [0.1, 0.15) is 0 Å². The summed E-state index contributed by atoms with van der Waals surface area (Å²) in [4.78, 5) is 22.3. The van der Waals surface area contributed by atoms with E-state index in [1.165, 1.54) is 0 Å². The van der Waals surface area contributed by atoms with Crippen molar-refractivity contribution in [3.05, 3.63) is 40.1 Å². The Bertz CT molecular complexity index is 792. The van der Waals surface area contributed by atoms with Crippen LogP contribution in [-0.2, 0) is 0 Å². The van der Waals surface area contributed by atoms with Gasteiger partial charge in [-0.25, -0.2) is 9.78 Å². The third kappa shape index (κ3) is 1.96. The van der Waals surface area contributed by atoms with Crippen molar-refractivity contribution in [1.29, 1.82) is 0 Å². The molecule has 0 unspecified atom stereocenters. The largest absolute Gasteiger partial charge is 0.417 e. The predicted octanol–water partition coefficient (Wildman–Crippen LogP) is 2.27. The molecule has 1 aromatic carbocycles. The first-order chi connectivity index (χ1) is 9.19. The van der Waals surface area contributed by atoms with Gasteiger partial charge in [0.2, 0.25) is 0 Å². The normalized spacial score (nSPS) is 10.8. The van der Waals surface area contributed by atoms with Crippen LogP contribution in [0.25, 0.3) is 22.4 Å². The third-order valence-corrected chi connectivity index (χ3v) is 3.03. The zero-order valence-corrected chi connectivity index (χ0v) is 10.7. The smallest absolute Gasteiger partial charge is 0.407 e. The Hall–Kier alpha value is -2.34. The van der Waals surface area contributed by atoms with E-state index in [1.54, 1.807) is 31.6 Å². The molecular weight excluding hydrogens is 268 g/mol. The van der Waals surface area contributed by atoms with Gasteiger partial charge in [0.25, 0.3) is 0 Å². The van der Waals surface area contributed by atoms with Gasteiger partial charge in [0.15, 0.2) is 5.58 Å². The lowest BCUT2D eigenvalue weighted by Gasteiger charge is -2.03. The number of benzene rings is 1. The number of fused-ring (bicyclic) bond motifs is 1. The average Bonchev–Trinajstić information content (AvgIpc) is 2.82. The number of oxazole rings is 1. The molecule has 19 heavy (non-hydrogen) atoms. The minimum atomic E-state index is -0.552. The minimum absolute atomic E-state index is 0.379. The molecule has 0 aliphatic heterocycles. The molecule has 0 aliphatic carbocycles. The van der Waals surface area contributed by atoms with Crippen molar-refractivity contribution in [3.8, 4) is 11.3 Å². The Balaban J connectivity index is 2.24. The monoisotopic (exact) mass is 276 g/mol. The number of rotatable bonds is 2. The number of halogens is 1. The maximum Gasteiger partial charge on any atom is 0.417 e. The molecule has 2 N–H and O–H groups in total. The highest BCUT2D eigenvalue weighted by molar-refractivity contribution is 6.35. The van der Waals surface area contributed by atoms with Crippen molar-refractivity contribution in [2.45, 2.75) is 0 Å². The number of hydrogen-bond donors (Lipinski definition) is 2. The summed E-state index contributed by atoms with van der Waals surface area (Å²) in [6.45, 7) is 0. The standard InChI is InChI=1S/C12H9ClN4O2/c1-14-9-5-15-8(4-16-9)6-2-3-7(13)10-11(6)19-12(18)17-10/h2-5H,1H3,(H,14,16)(H,17,18). The fourth-order valence-electron chi connectivity index (χ4n) is 1.80. The van der Waals surface area contributed by atoms with Crippen molar-refractivity contribution in [3.63, 3.8) is 0 Å². The molecule has 0 fully saturated rings. The van der Waals surface area contributed by atoms with Crippen LogP contribution in [0.3, 0.4) is 0 Å². The average molecular weight is 277 g/mol. The van der Waals surface area contributed by atoms with Crippen molar-refractivity contribution in [2.24, 2.45) is 0 Å². The quantitative estimate of drug-likeness (QED) is 0.750. The van der Waals surface area contributed by atoms with E-state index in [0.29, 0.717) is 33.2 Å². The van der Waals surface area contributed by atoms with E-state index < -0.39 is 5.76 Å². The highest BCUT2D eigenvalue weighted by atomic mass is 35.5. The Morgan fingerprint density at radius 2 is 2.16 bits per heavy atom. The van der Waals surface area contributed by atoms with Gasteiger partial charge in [-0.3, -0.25) is 9.97 Å². The molecule has 3 aromatic rings. The molecule has 0 radical (unpaired) electrons. The first kappa shape index (κ1) is 11.7. The summed E-state index contributed by atoms with van der Waals surface area (Å²) in [5.41, 5.74) is 2.10. The molecule has 3 rings (SSSR count). The van der Waals surface area contributed by atoms with Crippen LogP contribution in [0, 0.1) is 0 Å². The van der Waals surface area contributed by atoms with Crippen LogP contribution in [-0.4, -0.2) is 22.0 Å². The number of hydrogen-bond acceptors (Lipinski definition) is 5. The third-order valence-electron chi connectivity index (χ3n) is 2.71. The summed E-state index contributed by atoms with van der Waals surface area (Å²) in [5.74, 6) is 0.105. The highest BCUT2D eigenvalue weighted by Crippen LogP contribution is 2.30. The Kier molecular flexibility index (Phi) is 2.72. The van der Waals surface area contributed by atoms with Gasteiger partial charge in [-0.05, 0) is 12.1 Å².